The minimum absolute atomic E-state index is 0.0557. The quantitative estimate of drug-likeness (QED) is 0.703. The molecule has 4 aliphatic carbocycles. The maximum Gasteiger partial charge on any atom is 0.143 e. The Morgan fingerprint density at radius 2 is 1.72 bits per heavy atom. The molecule has 0 bridgehead atoms. The average Bonchev–Trinajstić information content (AvgIpc) is 2.95. The Morgan fingerprint density at radius 1 is 0.966 bits per heavy atom. The summed E-state index contributed by atoms with van der Waals surface area (Å²) in [6, 6.07) is 0. The third-order valence-corrected chi connectivity index (χ3v) is 11.1. The van der Waals surface area contributed by atoms with Crippen molar-refractivity contribution < 1.29 is 9.90 Å². The average molecular weight is 402 g/mol. The molecule has 0 aromatic heterocycles. The van der Waals surface area contributed by atoms with Gasteiger partial charge < -0.3 is 10.0 Å². The monoisotopic (exact) mass is 401 g/mol. The minimum Gasteiger partial charge on any atom is -0.393 e. The zero-order valence-corrected chi connectivity index (χ0v) is 19.1. The van der Waals surface area contributed by atoms with Gasteiger partial charge in [-0.1, -0.05) is 27.2 Å². The van der Waals surface area contributed by atoms with E-state index in [1.807, 2.05) is 0 Å². The van der Waals surface area contributed by atoms with Crippen molar-refractivity contribution in [2.24, 2.45) is 39.9 Å². The highest BCUT2D eigenvalue weighted by Crippen LogP contribution is 2.69. The van der Waals surface area contributed by atoms with Crippen LogP contribution in [-0.4, -0.2) is 41.5 Å². The van der Waals surface area contributed by atoms with E-state index >= 15 is 0 Å². The van der Waals surface area contributed by atoms with Gasteiger partial charge in [0.25, 0.3) is 0 Å². The van der Waals surface area contributed by atoms with Gasteiger partial charge in [0.1, 0.15) is 5.78 Å². The second-order valence-electron chi connectivity index (χ2n) is 12.4. The van der Waals surface area contributed by atoms with Crippen molar-refractivity contribution in [3.63, 3.8) is 0 Å². The molecule has 0 aromatic rings. The molecule has 3 heteroatoms. The molecule has 4 saturated carbocycles. The number of rotatable bonds is 2. The number of likely N-dealkylation sites (tertiary alicyclic amines) is 1. The van der Waals surface area contributed by atoms with Crippen LogP contribution in [0.3, 0.4) is 0 Å². The largest absolute Gasteiger partial charge is 0.393 e. The molecule has 164 valence electrons. The summed E-state index contributed by atoms with van der Waals surface area (Å²) in [7, 11) is 0. The van der Waals surface area contributed by atoms with Crippen LogP contribution in [-0.2, 0) is 4.79 Å². The topological polar surface area (TPSA) is 40.5 Å². The fourth-order valence-electron chi connectivity index (χ4n) is 9.16. The molecule has 3 nitrogen and oxygen atoms in total. The molecule has 8 atom stereocenters. The lowest BCUT2D eigenvalue weighted by Gasteiger charge is -2.64. The third-order valence-electron chi connectivity index (χ3n) is 11.1. The van der Waals surface area contributed by atoms with Gasteiger partial charge in [-0.2, -0.15) is 0 Å². The van der Waals surface area contributed by atoms with Crippen molar-refractivity contribution in [1.29, 1.82) is 0 Å². The summed E-state index contributed by atoms with van der Waals surface area (Å²) in [5.74, 6) is 3.00. The maximum absolute atomic E-state index is 13.6. The zero-order valence-electron chi connectivity index (χ0n) is 19.1. The van der Waals surface area contributed by atoms with E-state index in [0.717, 1.165) is 44.1 Å². The number of fused-ring (bicyclic) bond motifs is 5. The van der Waals surface area contributed by atoms with Crippen LogP contribution in [0.25, 0.3) is 0 Å². The number of Topliss-reactive ketones (excluding diaryl/α,β-unsaturated/α-hetero) is 1. The molecule has 1 aliphatic heterocycles. The molecule has 1 saturated heterocycles. The Balaban J connectivity index is 1.37. The molecule has 0 unspecified atom stereocenters. The maximum atomic E-state index is 13.6. The van der Waals surface area contributed by atoms with Crippen molar-refractivity contribution in [3.05, 3.63) is 0 Å². The zero-order chi connectivity index (χ0) is 20.4. The van der Waals surface area contributed by atoms with E-state index in [1.165, 1.54) is 58.0 Å². The molecule has 5 fully saturated rings. The number of nitrogens with zero attached hydrogens (tertiary/aromatic N) is 1. The molecule has 0 amide bonds. The van der Waals surface area contributed by atoms with Gasteiger partial charge in [-0.05, 0) is 106 Å². The first kappa shape index (κ1) is 20.5. The molecule has 5 aliphatic rings. The molecule has 0 spiro atoms. The number of carbonyl (C=O) groups is 1. The van der Waals surface area contributed by atoms with Gasteiger partial charge in [-0.15, -0.1) is 0 Å². The number of piperidine rings is 1. The Hall–Kier alpha value is -0.410. The van der Waals surface area contributed by atoms with Gasteiger partial charge in [0.05, 0.1) is 6.10 Å². The van der Waals surface area contributed by atoms with Crippen molar-refractivity contribution in [2.45, 2.75) is 97.5 Å². The Bertz CT molecular complexity index is 657. The number of ketones is 1. The van der Waals surface area contributed by atoms with E-state index in [2.05, 4.69) is 25.7 Å². The van der Waals surface area contributed by atoms with Crippen LogP contribution in [0.5, 0.6) is 0 Å². The third kappa shape index (κ3) is 3.00. The summed E-state index contributed by atoms with van der Waals surface area (Å²) in [4.78, 5) is 16.2. The van der Waals surface area contributed by atoms with E-state index in [9.17, 15) is 9.90 Å². The first-order valence-electron chi connectivity index (χ1n) is 12.7. The molecule has 1 N–H and O–H groups in total. The fraction of sp³-hybridized carbons (Fsp3) is 0.962. The predicted molar refractivity (Wildman–Crippen MR) is 117 cm³/mol. The van der Waals surface area contributed by atoms with E-state index in [0.29, 0.717) is 17.1 Å². The van der Waals surface area contributed by atoms with Gasteiger partial charge in [0.2, 0.25) is 0 Å². The molecular weight excluding hydrogens is 358 g/mol. The Kier molecular flexibility index (Phi) is 4.98. The number of aliphatic hydroxyl groups is 1. The van der Waals surface area contributed by atoms with Crippen LogP contribution in [0.1, 0.15) is 91.4 Å². The Morgan fingerprint density at radius 3 is 2.48 bits per heavy atom. The lowest BCUT2D eigenvalue weighted by atomic mass is 9.40. The fourth-order valence-corrected chi connectivity index (χ4v) is 9.16. The summed E-state index contributed by atoms with van der Waals surface area (Å²) in [5, 5.41) is 10.4. The molecule has 1 heterocycles. The van der Waals surface area contributed by atoms with E-state index < -0.39 is 0 Å². The molecule has 0 aromatic carbocycles. The van der Waals surface area contributed by atoms with Gasteiger partial charge in [-0.25, -0.2) is 0 Å². The van der Waals surface area contributed by atoms with Crippen molar-refractivity contribution in [2.75, 3.05) is 19.6 Å². The predicted octanol–water partition coefficient (Wildman–Crippen LogP) is 5.06. The minimum atomic E-state index is -0.0968. The second kappa shape index (κ2) is 7.05. The molecule has 29 heavy (non-hydrogen) atoms. The summed E-state index contributed by atoms with van der Waals surface area (Å²) in [5.41, 5.74) is 0.583. The van der Waals surface area contributed by atoms with E-state index in [4.69, 9.17) is 0 Å². The standard InChI is InChI=1S/C26H43NO2/c1-24-10-8-20-21(26(24,3)12-7-19(28)16-24)9-11-25(2)22(20)15-18(23(25)29)17-27-13-5-4-6-14-27/h18-22,28H,4-17H2,1-3H3/t18-,19-,20+,21-,22-,24+,25+,26-/m1/s1. The number of hydrogen-bond donors (Lipinski definition) is 1. The van der Waals surface area contributed by atoms with Crippen LogP contribution >= 0.6 is 0 Å². The smallest absolute Gasteiger partial charge is 0.143 e. The van der Waals surface area contributed by atoms with Crippen molar-refractivity contribution >= 4 is 5.78 Å². The highest BCUT2D eigenvalue weighted by molar-refractivity contribution is 5.89. The second-order valence-corrected chi connectivity index (χ2v) is 12.4. The number of carbonyl (C=O) groups excluding carboxylic acids is 1. The van der Waals surface area contributed by atoms with Gasteiger partial charge in [-0.3, -0.25) is 4.79 Å². The summed E-state index contributed by atoms with van der Waals surface area (Å²) < 4.78 is 0. The van der Waals surface area contributed by atoms with E-state index in [1.54, 1.807) is 0 Å². The van der Waals surface area contributed by atoms with Gasteiger partial charge >= 0.3 is 0 Å². The summed E-state index contributed by atoms with van der Waals surface area (Å²) in [6.07, 6.45) is 13.1. The van der Waals surface area contributed by atoms with Crippen molar-refractivity contribution in [3.8, 4) is 0 Å². The highest BCUT2D eigenvalue weighted by atomic mass is 16.3. The molecule has 5 rings (SSSR count). The van der Waals surface area contributed by atoms with E-state index in [-0.39, 0.29) is 22.9 Å². The first-order valence-corrected chi connectivity index (χ1v) is 12.7. The molecule has 0 radical (unpaired) electrons. The van der Waals surface area contributed by atoms with Gasteiger partial charge in [0.15, 0.2) is 0 Å². The Labute approximate surface area is 178 Å². The lowest BCUT2D eigenvalue weighted by molar-refractivity contribution is -0.169. The highest BCUT2D eigenvalue weighted by Gasteiger charge is 2.64. The van der Waals surface area contributed by atoms with Crippen LogP contribution in [0.15, 0.2) is 0 Å². The van der Waals surface area contributed by atoms with Crippen molar-refractivity contribution in [1.82, 2.24) is 4.90 Å². The SMILES string of the molecule is C[C@@]12CC[C@@H]3[C@H]4C[C@H](CN5CCCCC5)C(=O)[C@@]4(C)CC[C@H]3[C@@]1(C)CC[C@@H](O)C2. The summed E-state index contributed by atoms with van der Waals surface area (Å²) >= 11 is 0. The van der Waals surface area contributed by atoms with Crippen LogP contribution in [0, 0.1) is 39.9 Å². The molecular formula is C26H43NO2. The normalized spacial score (nSPS) is 53.2. The lowest BCUT2D eigenvalue weighted by Crippen LogP contribution is -2.58. The number of hydrogen-bond acceptors (Lipinski definition) is 3. The van der Waals surface area contributed by atoms with Gasteiger partial charge in [0, 0.05) is 17.9 Å². The summed E-state index contributed by atoms with van der Waals surface area (Å²) in [6.45, 7) is 10.8. The van der Waals surface area contributed by atoms with Crippen LogP contribution in [0.4, 0.5) is 0 Å². The van der Waals surface area contributed by atoms with Crippen LogP contribution in [0.2, 0.25) is 0 Å². The first-order chi connectivity index (χ1) is 13.8. The van der Waals surface area contributed by atoms with Crippen LogP contribution < -0.4 is 0 Å². The number of aliphatic hydroxyl groups excluding tert-OH is 1.